The first-order valence-corrected chi connectivity index (χ1v) is 13.4. The summed E-state index contributed by atoms with van der Waals surface area (Å²) in [4.78, 5) is 14.1. The highest BCUT2D eigenvalue weighted by atomic mass is 16.6. The van der Waals surface area contributed by atoms with Gasteiger partial charge >= 0.3 is 6.09 Å². The van der Waals surface area contributed by atoms with E-state index in [1.165, 1.54) is 22.3 Å². The van der Waals surface area contributed by atoms with Gasteiger partial charge in [0, 0.05) is 31.8 Å². The molecule has 0 saturated carbocycles. The molecule has 1 aliphatic carbocycles. The van der Waals surface area contributed by atoms with Crippen molar-refractivity contribution in [2.45, 2.75) is 70.0 Å². The SMILES string of the molecule is CC(C)(C)OC(=O)N1CCC(Oc2ccc(C3c4ccc(O)cc4CCC3c3ccccc3)cc2)CC1. The van der Waals surface area contributed by atoms with Crippen LogP contribution in [0, 0.1) is 0 Å². The molecule has 1 saturated heterocycles. The average Bonchev–Trinajstić information content (AvgIpc) is 2.88. The minimum Gasteiger partial charge on any atom is -0.508 e. The molecule has 3 aromatic rings. The van der Waals surface area contributed by atoms with Crippen molar-refractivity contribution in [1.29, 1.82) is 0 Å². The van der Waals surface area contributed by atoms with E-state index in [4.69, 9.17) is 9.47 Å². The van der Waals surface area contributed by atoms with Crippen molar-refractivity contribution in [2.24, 2.45) is 0 Å². The summed E-state index contributed by atoms with van der Waals surface area (Å²) in [6.07, 6.45) is 3.42. The number of hydrogen-bond donors (Lipinski definition) is 1. The van der Waals surface area contributed by atoms with Crippen LogP contribution in [0.15, 0.2) is 72.8 Å². The molecule has 37 heavy (non-hydrogen) atoms. The fourth-order valence-corrected chi connectivity index (χ4v) is 5.71. The van der Waals surface area contributed by atoms with Gasteiger partial charge < -0.3 is 19.5 Å². The average molecular weight is 500 g/mol. The van der Waals surface area contributed by atoms with Gasteiger partial charge in [-0.25, -0.2) is 4.79 Å². The molecule has 1 N–H and O–H groups in total. The smallest absolute Gasteiger partial charge is 0.410 e. The third-order valence-electron chi connectivity index (χ3n) is 7.45. The number of benzene rings is 3. The molecule has 194 valence electrons. The van der Waals surface area contributed by atoms with Crippen molar-refractivity contribution in [2.75, 3.05) is 13.1 Å². The Labute approximate surface area is 220 Å². The van der Waals surface area contributed by atoms with Crippen molar-refractivity contribution in [3.63, 3.8) is 0 Å². The van der Waals surface area contributed by atoms with Crippen molar-refractivity contribution >= 4 is 6.09 Å². The van der Waals surface area contributed by atoms with E-state index in [0.29, 0.717) is 24.8 Å². The number of rotatable bonds is 4. The zero-order chi connectivity index (χ0) is 26.0. The van der Waals surface area contributed by atoms with E-state index < -0.39 is 5.60 Å². The highest BCUT2D eigenvalue weighted by Crippen LogP contribution is 2.47. The van der Waals surface area contributed by atoms with Gasteiger partial charge in [0.1, 0.15) is 23.2 Å². The molecule has 1 heterocycles. The van der Waals surface area contributed by atoms with Gasteiger partial charge in [-0.2, -0.15) is 0 Å². The molecule has 1 amide bonds. The summed E-state index contributed by atoms with van der Waals surface area (Å²) in [5.41, 5.74) is 4.65. The standard InChI is InChI=1S/C32H37NO4/c1-32(2,3)37-31(35)33-19-17-27(18-20-33)36-26-13-9-23(10-14-26)30-28(22-7-5-4-6-8-22)15-11-24-21-25(34)12-16-29(24)30/h4-10,12-14,16,21,27-28,30,34H,11,15,17-20H2,1-3H3. The van der Waals surface area contributed by atoms with E-state index in [1.807, 2.05) is 26.8 Å². The van der Waals surface area contributed by atoms with Crippen LogP contribution in [-0.2, 0) is 11.2 Å². The van der Waals surface area contributed by atoms with Crippen LogP contribution in [0.3, 0.4) is 0 Å². The topological polar surface area (TPSA) is 59.0 Å². The third kappa shape index (κ3) is 5.93. The first-order chi connectivity index (χ1) is 17.8. The lowest BCUT2D eigenvalue weighted by molar-refractivity contribution is 0.0126. The summed E-state index contributed by atoms with van der Waals surface area (Å²) < 4.78 is 11.8. The number of likely N-dealkylation sites (tertiary alicyclic amines) is 1. The largest absolute Gasteiger partial charge is 0.508 e. The van der Waals surface area contributed by atoms with E-state index in [2.05, 4.69) is 60.7 Å². The van der Waals surface area contributed by atoms with Gasteiger partial charge in [0.05, 0.1) is 0 Å². The van der Waals surface area contributed by atoms with Gasteiger partial charge in [0.15, 0.2) is 0 Å². The molecule has 0 bridgehead atoms. The van der Waals surface area contributed by atoms with Crippen LogP contribution in [-0.4, -0.2) is 40.9 Å². The molecule has 5 nitrogen and oxygen atoms in total. The number of phenolic OH excluding ortho intramolecular Hbond substituents is 1. The Bertz CT molecular complexity index is 1210. The van der Waals surface area contributed by atoms with Crippen LogP contribution in [0.5, 0.6) is 11.5 Å². The van der Waals surface area contributed by atoms with Crippen LogP contribution in [0.2, 0.25) is 0 Å². The maximum Gasteiger partial charge on any atom is 0.410 e. The van der Waals surface area contributed by atoms with Crippen molar-refractivity contribution in [1.82, 2.24) is 4.90 Å². The molecular weight excluding hydrogens is 462 g/mol. The van der Waals surface area contributed by atoms with Crippen molar-refractivity contribution in [3.05, 3.63) is 95.1 Å². The Morgan fingerprint density at radius 3 is 2.27 bits per heavy atom. The fraction of sp³-hybridized carbons (Fsp3) is 0.406. The Morgan fingerprint density at radius 1 is 0.892 bits per heavy atom. The number of phenols is 1. The lowest BCUT2D eigenvalue weighted by atomic mass is 9.69. The van der Waals surface area contributed by atoms with Crippen LogP contribution >= 0.6 is 0 Å². The zero-order valence-electron chi connectivity index (χ0n) is 22.0. The second-order valence-corrected chi connectivity index (χ2v) is 11.3. The van der Waals surface area contributed by atoms with Gasteiger partial charge in [-0.15, -0.1) is 0 Å². The summed E-state index contributed by atoms with van der Waals surface area (Å²) in [6.45, 7) is 6.96. The number of carbonyl (C=O) groups excluding carboxylic acids is 1. The van der Waals surface area contributed by atoms with Crippen molar-refractivity contribution < 1.29 is 19.4 Å². The molecule has 2 atom stereocenters. The summed E-state index contributed by atoms with van der Waals surface area (Å²) in [6, 6.07) is 25.1. The van der Waals surface area contributed by atoms with E-state index in [0.717, 1.165) is 31.4 Å². The van der Waals surface area contributed by atoms with Gasteiger partial charge in [-0.1, -0.05) is 48.5 Å². The minimum atomic E-state index is -0.481. The lowest BCUT2D eigenvalue weighted by Crippen LogP contribution is -2.44. The molecule has 5 heteroatoms. The van der Waals surface area contributed by atoms with E-state index in [-0.39, 0.29) is 18.1 Å². The summed E-state index contributed by atoms with van der Waals surface area (Å²) in [5.74, 6) is 1.79. The quantitative estimate of drug-likeness (QED) is 0.419. The minimum absolute atomic E-state index is 0.0833. The number of aryl methyl sites for hydroxylation is 1. The highest BCUT2D eigenvalue weighted by molar-refractivity contribution is 5.68. The summed E-state index contributed by atoms with van der Waals surface area (Å²) in [5, 5.41) is 10.1. The van der Waals surface area contributed by atoms with Crippen LogP contribution in [0.1, 0.15) is 74.1 Å². The zero-order valence-corrected chi connectivity index (χ0v) is 22.0. The Kier molecular flexibility index (Phi) is 7.14. The number of hydrogen-bond acceptors (Lipinski definition) is 4. The second-order valence-electron chi connectivity index (χ2n) is 11.3. The Morgan fingerprint density at radius 2 is 1.59 bits per heavy atom. The van der Waals surface area contributed by atoms with Gasteiger partial charge in [-0.3, -0.25) is 0 Å². The molecule has 3 aromatic carbocycles. The number of aromatic hydroxyl groups is 1. The molecule has 0 spiro atoms. The molecule has 0 radical (unpaired) electrons. The predicted octanol–water partition coefficient (Wildman–Crippen LogP) is 7.03. The number of carbonyl (C=O) groups is 1. The first-order valence-electron chi connectivity index (χ1n) is 13.4. The number of fused-ring (bicyclic) bond motifs is 1. The van der Waals surface area contributed by atoms with Gasteiger partial charge in [-0.05, 0) is 86.1 Å². The van der Waals surface area contributed by atoms with E-state index in [9.17, 15) is 9.90 Å². The third-order valence-corrected chi connectivity index (χ3v) is 7.45. The number of nitrogens with zero attached hydrogens (tertiary/aromatic N) is 1. The normalized spacial score (nSPS) is 20.2. The molecular formula is C32H37NO4. The first kappa shape index (κ1) is 25.2. The fourth-order valence-electron chi connectivity index (χ4n) is 5.71. The van der Waals surface area contributed by atoms with E-state index >= 15 is 0 Å². The Hall–Kier alpha value is -3.47. The molecule has 1 aliphatic heterocycles. The summed E-state index contributed by atoms with van der Waals surface area (Å²) in [7, 11) is 0. The van der Waals surface area contributed by atoms with Crippen molar-refractivity contribution in [3.8, 4) is 11.5 Å². The molecule has 2 unspecified atom stereocenters. The van der Waals surface area contributed by atoms with Gasteiger partial charge in [0.2, 0.25) is 0 Å². The maximum atomic E-state index is 12.4. The molecule has 2 aliphatic rings. The Balaban J connectivity index is 1.29. The second kappa shape index (κ2) is 10.5. The number of amides is 1. The van der Waals surface area contributed by atoms with E-state index in [1.54, 1.807) is 11.0 Å². The lowest BCUT2D eigenvalue weighted by Gasteiger charge is -2.35. The molecule has 0 aromatic heterocycles. The number of piperidine rings is 1. The number of ether oxygens (including phenoxy) is 2. The summed E-state index contributed by atoms with van der Waals surface area (Å²) >= 11 is 0. The maximum absolute atomic E-state index is 12.4. The predicted molar refractivity (Wildman–Crippen MR) is 145 cm³/mol. The molecule has 5 rings (SSSR count). The van der Waals surface area contributed by atoms with Crippen LogP contribution in [0.4, 0.5) is 4.79 Å². The monoisotopic (exact) mass is 499 g/mol. The highest BCUT2D eigenvalue weighted by Gasteiger charge is 2.32. The van der Waals surface area contributed by atoms with Crippen LogP contribution < -0.4 is 4.74 Å². The van der Waals surface area contributed by atoms with Gasteiger partial charge in [0.25, 0.3) is 0 Å². The van der Waals surface area contributed by atoms with Crippen LogP contribution in [0.25, 0.3) is 0 Å². The molecule has 1 fully saturated rings.